The smallest absolute Gasteiger partial charge is 0.0738 e. The highest BCUT2D eigenvalue weighted by atomic mass is 79.9. The minimum absolute atomic E-state index is 0.122. The van der Waals surface area contributed by atoms with Gasteiger partial charge in [-0.05, 0) is 29.8 Å². The number of ether oxygens (including phenoxy) is 1. The van der Waals surface area contributed by atoms with Gasteiger partial charge in [-0.15, -0.1) is 0 Å². The second-order valence-corrected chi connectivity index (χ2v) is 5.09. The normalized spacial score (nSPS) is 18.9. The van der Waals surface area contributed by atoms with Crippen LogP contribution in [0.2, 0.25) is 0 Å². The third-order valence-electron chi connectivity index (χ3n) is 2.93. The first-order chi connectivity index (χ1) is 7.08. The van der Waals surface area contributed by atoms with E-state index >= 15 is 0 Å². The molecule has 1 saturated heterocycles. The molecule has 1 aliphatic heterocycles. The maximum absolute atomic E-state index is 9.33. The fourth-order valence-corrected chi connectivity index (χ4v) is 2.05. The van der Waals surface area contributed by atoms with Crippen LogP contribution in [-0.2, 0) is 11.3 Å². The molecule has 0 amide bonds. The molecule has 5 heteroatoms. The molecule has 0 radical (unpaired) electrons. The maximum atomic E-state index is 9.33. The summed E-state index contributed by atoms with van der Waals surface area (Å²) in [5.41, 5.74) is 1.97. The standard InChI is InChI=1S/C10H15BrN2O2/c1-7-9(11)8(2)13(12-7)3-10(4-14)5-15-6-10/h14H,3-6H2,1-2H3. The van der Waals surface area contributed by atoms with E-state index in [4.69, 9.17) is 4.74 Å². The van der Waals surface area contributed by atoms with Crippen molar-refractivity contribution in [2.45, 2.75) is 20.4 Å². The molecule has 0 unspecified atom stereocenters. The fourth-order valence-electron chi connectivity index (χ4n) is 1.77. The Morgan fingerprint density at radius 1 is 1.53 bits per heavy atom. The first-order valence-corrected chi connectivity index (χ1v) is 5.75. The second-order valence-electron chi connectivity index (χ2n) is 4.29. The minimum Gasteiger partial charge on any atom is -0.396 e. The van der Waals surface area contributed by atoms with Crippen molar-refractivity contribution in [3.63, 3.8) is 0 Å². The molecule has 4 nitrogen and oxygen atoms in total. The second kappa shape index (κ2) is 3.88. The van der Waals surface area contributed by atoms with Crippen molar-refractivity contribution in [3.05, 3.63) is 15.9 Å². The molecule has 15 heavy (non-hydrogen) atoms. The molecule has 1 aromatic heterocycles. The largest absolute Gasteiger partial charge is 0.396 e. The summed E-state index contributed by atoms with van der Waals surface area (Å²) >= 11 is 3.49. The average molecular weight is 275 g/mol. The molecule has 0 bridgehead atoms. The molecular formula is C10H15BrN2O2. The Bertz CT molecular complexity index is 366. The van der Waals surface area contributed by atoms with Gasteiger partial charge in [0.15, 0.2) is 0 Å². The summed E-state index contributed by atoms with van der Waals surface area (Å²) in [4.78, 5) is 0. The highest BCUT2D eigenvalue weighted by molar-refractivity contribution is 9.10. The summed E-state index contributed by atoms with van der Waals surface area (Å²) in [6.07, 6.45) is 0. The minimum atomic E-state index is -0.122. The van der Waals surface area contributed by atoms with Crippen molar-refractivity contribution in [3.8, 4) is 0 Å². The molecule has 1 aromatic rings. The number of aryl methyl sites for hydroxylation is 1. The molecule has 0 saturated carbocycles. The van der Waals surface area contributed by atoms with Crippen molar-refractivity contribution >= 4 is 15.9 Å². The van der Waals surface area contributed by atoms with Crippen LogP contribution in [0.25, 0.3) is 0 Å². The van der Waals surface area contributed by atoms with E-state index < -0.39 is 0 Å². The van der Waals surface area contributed by atoms with Crippen molar-refractivity contribution in [1.29, 1.82) is 0 Å². The van der Waals surface area contributed by atoms with Crippen LogP contribution in [0.1, 0.15) is 11.4 Å². The third kappa shape index (κ3) is 1.84. The third-order valence-corrected chi connectivity index (χ3v) is 4.08. The van der Waals surface area contributed by atoms with Gasteiger partial charge >= 0.3 is 0 Å². The highest BCUT2D eigenvalue weighted by Gasteiger charge is 2.39. The van der Waals surface area contributed by atoms with Crippen LogP contribution in [0.5, 0.6) is 0 Å². The van der Waals surface area contributed by atoms with Crippen LogP contribution in [0.4, 0.5) is 0 Å². The summed E-state index contributed by atoms with van der Waals surface area (Å²) in [5, 5.41) is 13.8. The zero-order valence-corrected chi connectivity index (χ0v) is 10.5. The summed E-state index contributed by atoms with van der Waals surface area (Å²) in [6.45, 7) is 6.12. The lowest BCUT2D eigenvalue weighted by molar-refractivity contribution is -0.146. The van der Waals surface area contributed by atoms with Crippen molar-refractivity contribution in [2.75, 3.05) is 19.8 Å². The average Bonchev–Trinajstić information content (AvgIpc) is 2.40. The zero-order valence-electron chi connectivity index (χ0n) is 8.96. The molecule has 84 valence electrons. The van der Waals surface area contributed by atoms with Gasteiger partial charge in [-0.25, -0.2) is 0 Å². The van der Waals surface area contributed by atoms with Gasteiger partial charge in [0.1, 0.15) is 0 Å². The number of aromatic nitrogens is 2. The Kier molecular flexibility index (Phi) is 2.87. The monoisotopic (exact) mass is 274 g/mol. The first-order valence-electron chi connectivity index (χ1n) is 4.96. The lowest BCUT2D eigenvalue weighted by Crippen LogP contribution is -2.49. The molecule has 1 N–H and O–H groups in total. The predicted molar refractivity (Wildman–Crippen MR) is 59.7 cm³/mol. The zero-order chi connectivity index (χ0) is 11.1. The Hall–Kier alpha value is -0.390. The number of aliphatic hydroxyl groups excluding tert-OH is 1. The van der Waals surface area contributed by atoms with E-state index in [1.54, 1.807) is 0 Å². The van der Waals surface area contributed by atoms with E-state index in [1.807, 2.05) is 18.5 Å². The Balaban J connectivity index is 2.20. The van der Waals surface area contributed by atoms with Crippen LogP contribution >= 0.6 is 15.9 Å². The SMILES string of the molecule is Cc1nn(CC2(CO)COC2)c(C)c1Br. The fraction of sp³-hybridized carbons (Fsp3) is 0.700. The van der Waals surface area contributed by atoms with Crippen LogP contribution in [0.3, 0.4) is 0 Å². The van der Waals surface area contributed by atoms with Crippen LogP contribution in [0, 0.1) is 19.3 Å². The number of nitrogens with zero attached hydrogens (tertiary/aromatic N) is 2. The lowest BCUT2D eigenvalue weighted by atomic mass is 9.87. The van der Waals surface area contributed by atoms with Crippen LogP contribution < -0.4 is 0 Å². The topological polar surface area (TPSA) is 47.3 Å². The Morgan fingerprint density at radius 3 is 2.53 bits per heavy atom. The van der Waals surface area contributed by atoms with Gasteiger partial charge in [-0.1, -0.05) is 0 Å². The summed E-state index contributed by atoms with van der Waals surface area (Å²) < 4.78 is 8.16. The molecule has 0 aromatic carbocycles. The van der Waals surface area contributed by atoms with Crippen molar-refractivity contribution in [1.82, 2.24) is 9.78 Å². The summed E-state index contributed by atoms with van der Waals surface area (Å²) in [5.74, 6) is 0. The molecule has 1 aliphatic rings. The maximum Gasteiger partial charge on any atom is 0.0738 e. The van der Waals surface area contributed by atoms with Crippen LogP contribution in [-0.4, -0.2) is 34.7 Å². The van der Waals surface area contributed by atoms with Gasteiger partial charge in [0, 0.05) is 5.69 Å². The number of hydrogen-bond donors (Lipinski definition) is 1. The summed E-state index contributed by atoms with van der Waals surface area (Å²) in [7, 11) is 0. The van der Waals surface area contributed by atoms with Crippen LogP contribution in [0.15, 0.2) is 4.47 Å². The number of aliphatic hydroxyl groups is 1. The van der Waals surface area contributed by atoms with Crippen molar-refractivity contribution in [2.24, 2.45) is 5.41 Å². The Morgan fingerprint density at radius 2 is 2.20 bits per heavy atom. The summed E-state index contributed by atoms with van der Waals surface area (Å²) in [6, 6.07) is 0. The predicted octanol–water partition coefficient (Wildman–Crippen LogP) is 1.27. The number of halogens is 1. The van der Waals surface area contributed by atoms with E-state index in [0.29, 0.717) is 13.2 Å². The first kappa shape index (κ1) is 11.1. The molecule has 2 rings (SSSR count). The van der Waals surface area contributed by atoms with E-state index in [2.05, 4.69) is 21.0 Å². The Labute approximate surface area is 97.4 Å². The van der Waals surface area contributed by atoms with Gasteiger partial charge in [0.25, 0.3) is 0 Å². The van der Waals surface area contributed by atoms with E-state index in [-0.39, 0.29) is 12.0 Å². The van der Waals surface area contributed by atoms with Gasteiger partial charge in [0.2, 0.25) is 0 Å². The van der Waals surface area contributed by atoms with Gasteiger partial charge in [0.05, 0.1) is 41.9 Å². The quantitative estimate of drug-likeness (QED) is 0.903. The number of rotatable bonds is 3. The lowest BCUT2D eigenvalue weighted by Gasteiger charge is -2.39. The molecule has 0 atom stereocenters. The highest BCUT2D eigenvalue weighted by Crippen LogP contribution is 2.30. The van der Waals surface area contributed by atoms with E-state index in [9.17, 15) is 5.11 Å². The molecule has 0 spiro atoms. The van der Waals surface area contributed by atoms with Gasteiger partial charge in [-0.3, -0.25) is 4.68 Å². The molecule has 0 aliphatic carbocycles. The number of hydrogen-bond acceptors (Lipinski definition) is 3. The van der Waals surface area contributed by atoms with E-state index in [1.165, 1.54) is 0 Å². The van der Waals surface area contributed by atoms with Crippen molar-refractivity contribution < 1.29 is 9.84 Å². The van der Waals surface area contributed by atoms with Gasteiger partial charge in [-0.2, -0.15) is 5.10 Å². The molecular weight excluding hydrogens is 260 g/mol. The van der Waals surface area contributed by atoms with Gasteiger partial charge < -0.3 is 9.84 Å². The molecule has 1 fully saturated rings. The molecule has 2 heterocycles. The van der Waals surface area contributed by atoms with E-state index in [0.717, 1.165) is 22.4 Å².